The minimum atomic E-state index is -0.443. The molecular formula is C11H10BrNO2S. The highest BCUT2D eigenvalue weighted by Gasteiger charge is 2.08. The van der Waals surface area contributed by atoms with Crippen molar-refractivity contribution in [3.8, 4) is 5.75 Å². The minimum absolute atomic E-state index is 0.133. The maximum atomic E-state index is 11.1. The molecule has 0 aliphatic carbocycles. The lowest BCUT2D eigenvalue weighted by atomic mass is 10.1. The largest absolute Gasteiger partial charge is 0.482 e. The van der Waals surface area contributed by atoms with Crippen LogP contribution in [0.15, 0.2) is 21.6 Å². The van der Waals surface area contributed by atoms with Crippen LogP contribution in [0.2, 0.25) is 0 Å². The summed E-state index contributed by atoms with van der Waals surface area (Å²) >= 11 is 7.71. The zero-order chi connectivity index (χ0) is 12.1. The number of hydrogen-bond acceptors (Lipinski definition) is 3. The van der Waals surface area contributed by atoms with E-state index in [2.05, 4.69) is 33.1 Å². The van der Waals surface area contributed by atoms with Gasteiger partial charge in [0.1, 0.15) is 5.75 Å². The van der Waals surface area contributed by atoms with Crippen molar-refractivity contribution in [3.05, 3.63) is 27.7 Å². The molecule has 5 heteroatoms. The molecule has 0 N–H and O–H groups in total. The Morgan fingerprint density at radius 2 is 2.25 bits per heavy atom. The molecule has 0 bridgehead atoms. The molecule has 0 heterocycles. The van der Waals surface area contributed by atoms with Gasteiger partial charge in [0, 0.05) is 0 Å². The first-order chi connectivity index (χ1) is 7.54. The average molecular weight is 300 g/mol. The summed E-state index contributed by atoms with van der Waals surface area (Å²) in [7, 11) is 0. The van der Waals surface area contributed by atoms with Crippen LogP contribution in [0.4, 0.5) is 0 Å². The van der Waals surface area contributed by atoms with Crippen LogP contribution in [-0.4, -0.2) is 17.7 Å². The van der Waals surface area contributed by atoms with E-state index in [0.29, 0.717) is 5.75 Å². The smallest absolute Gasteiger partial charge is 0.292 e. The first-order valence-corrected chi connectivity index (χ1v) is 5.75. The standard InChI is InChI=1S/C11H10BrNO2S/c1-7-3-8(2)11(9(12)4-7)15-5-10(14)13-6-16/h3-4H,5H2,1-2H3. The van der Waals surface area contributed by atoms with E-state index in [1.165, 1.54) is 0 Å². The van der Waals surface area contributed by atoms with Crippen LogP contribution in [-0.2, 0) is 4.79 Å². The van der Waals surface area contributed by atoms with Gasteiger partial charge in [-0.15, -0.1) is 0 Å². The number of halogens is 1. The van der Waals surface area contributed by atoms with Gasteiger partial charge in [-0.3, -0.25) is 4.79 Å². The molecule has 0 saturated carbocycles. The summed E-state index contributed by atoms with van der Waals surface area (Å²) in [4.78, 5) is 14.4. The van der Waals surface area contributed by atoms with Crippen molar-refractivity contribution in [3.63, 3.8) is 0 Å². The molecule has 0 atom stereocenters. The number of rotatable bonds is 3. The van der Waals surface area contributed by atoms with E-state index in [1.807, 2.05) is 31.1 Å². The lowest BCUT2D eigenvalue weighted by Gasteiger charge is -2.10. The first kappa shape index (κ1) is 13.0. The van der Waals surface area contributed by atoms with Crippen molar-refractivity contribution >= 4 is 39.2 Å². The zero-order valence-corrected chi connectivity index (χ0v) is 11.3. The number of carbonyl (C=O) groups is 1. The Hall–Kier alpha value is -1.03. The minimum Gasteiger partial charge on any atom is -0.482 e. The number of benzene rings is 1. The quantitative estimate of drug-likeness (QED) is 0.636. The van der Waals surface area contributed by atoms with Gasteiger partial charge in [-0.2, -0.15) is 4.99 Å². The number of ether oxygens (including phenoxy) is 1. The van der Waals surface area contributed by atoms with Crippen molar-refractivity contribution in [2.45, 2.75) is 13.8 Å². The maximum Gasteiger partial charge on any atom is 0.292 e. The fourth-order valence-electron chi connectivity index (χ4n) is 1.30. The summed E-state index contributed by atoms with van der Waals surface area (Å²) in [5.41, 5.74) is 2.09. The van der Waals surface area contributed by atoms with E-state index in [1.54, 1.807) is 0 Å². The third kappa shape index (κ3) is 3.52. The highest BCUT2D eigenvalue weighted by Crippen LogP contribution is 2.30. The Morgan fingerprint density at radius 1 is 1.56 bits per heavy atom. The van der Waals surface area contributed by atoms with Gasteiger partial charge in [-0.25, -0.2) is 0 Å². The first-order valence-electron chi connectivity index (χ1n) is 4.55. The van der Waals surface area contributed by atoms with Gasteiger partial charge in [0.05, 0.1) is 9.63 Å². The summed E-state index contributed by atoms with van der Waals surface area (Å²) in [6, 6.07) is 3.91. The fraction of sp³-hybridized carbons (Fsp3) is 0.273. The summed E-state index contributed by atoms with van der Waals surface area (Å²) in [6.07, 6.45) is 0. The number of isothiocyanates is 1. The van der Waals surface area contributed by atoms with Crippen LogP contribution in [0.25, 0.3) is 0 Å². The highest BCUT2D eigenvalue weighted by atomic mass is 79.9. The fourth-order valence-corrected chi connectivity index (χ4v) is 2.19. The van der Waals surface area contributed by atoms with E-state index in [0.717, 1.165) is 15.6 Å². The van der Waals surface area contributed by atoms with Crippen molar-refractivity contribution in [2.75, 3.05) is 6.61 Å². The lowest BCUT2D eigenvalue weighted by molar-refractivity contribution is -0.119. The highest BCUT2D eigenvalue weighted by molar-refractivity contribution is 9.10. The molecule has 1 aromatic rings. The number of thiocarbonyl (C=S) groups is 1. The van der Waals surface area contributed by atoms with Gasteiger partial charge >= 0.3 is 0 Å². The van der Waals surface area contributed by atoms with E-state index in [-0.39, 0.29) is 6.61 Å². The van der Waals surface area contributed by atoms with Crippen molar-refractivity contribution in [1.29, 1.82) is 0 Å². The molecule has 0 unspecified atom stereocenters. The lowest BCUT2D eigenvalue weighted by Crippen LogP contribution is -2.09. The molecular weight excluding hydrogens is 290 g/mol. The molecule has 0 fully saturated rings. The second-order valence-corrected chi connectivity index (χ2v) is 4.32. The summed E-state index contributed by atoms with van der Waals surface area (Å²) in [6.45, 7) is 3.77. The number of hydrogen-bond donors (Lipinski definition) is 0. The third-order valence-electron chi connectivity index (χ3n) is 1.88. The number of carbonyl (C=O) groups excluding carboxylic acids is 1. The Labute approximate surface area is 108 Å². The molecule has 1 amide bonds. The molecule has 0 saturated heterocycles. The SMILES string of the molecule is Cc1cc(C)c(OCC(=O)N=C=S)c(Br)c1. The van der Waals surface area contributed by atoms with Crippen molar-refractivity contribution in [2.24, 2.45) is 4.99 Å². The molecule has 0 aliphatic rings. The van der Waals surface area contributed by atoms with E-state index >= 15 is 0 Å². The van der Waals surface area contributed by atoms with Crippen LogP contribution in [0.1, 0.15) is 11.1 Å². The monoisotopic (exact) mass is 299 g/mol. The zero-order valence-electron chi connectivity index (χ0n) is 8.91. The van der Waals surface area contributed by atoms with Crippen LogP contribution in [0.5, 0.6) is 5.75 Å². The average Bonchev–Trinajstić information content (AvgIpc) is 2.16. The van der Waals surface area contributed by atoms with Gasteiger partial charge < -0.3 is 4.74 Å². The van der Waals surface area contributed by atoms with Crippen molar-refractivity contribution < 1.29 is 9.53 Å². The van der Waals surface area contributed by atoms with Crippen LogP contribution in [0.3, 0.4) is 0 Å². The Kier molecular flexibility index (Phi) is 4.80. The molecule has 3 nitrogen and oxygen atoms in total. The third-order valence-corrected chi connectivity index (χ3v) is 2.56. The summed E-state index contributed by atoms with van der Waals surface area (Å²) in [5.74, 6) is 0.209. The van der Waals surface area contributed by atoms with Gasteiger partial charge in [0.2, 0.25) is 0 Å². The number of aryl methyl sites for hydroxylation is 2. The molecule has 0 radical (unpaired) electrons. The molecule has 16 heavy (non-hydrogen) atoms. The van der Waals surface area contributed by atoms with E-state index in [9.17, 15) is 4.79 Å². The van der Waals surface area contributed by atoms with Crippen LogP contribution in [0, 0.1) is 13.8 Å². The normalized spacial score (nSPS) is 9.44. The second kappa shape index (κ2) is 5.89. The number of aliphatic imine (C=N–C) groups is 1. The maximum absolute atomic E-state index is 11.1. The van der Waals surface area contributed by atoms with Gasteiger partial charge in [0.25, 0.3) is 5.91 Å². The summed E-state index contributed by atoms with van der Waals surface area (Å²) in [5, 5.41) is 2.01. The van der Waals surface area contributed by atoms with E-state index < -0.39 is 5.91 Å². The van der Waals surface area contributed by atoms with E-state index in [4.69, 9.17) is 4.74 Å². The van der Waals surface area contributed by atoms with Crippen LogP contribution < -0.4 is 4.74 Å². The predicted molar refractivity (Wildman–Crippen MR) is 69.1 cm³/mol. The van der Waals surface area contributed by atoms with Crippen molar-refractivity contribution in [1.82, 2.24) is 0 Å². The Bertz CT molecular complexity index is 444. The molecule has 84 valence electrons. The van der Waals surface area contributed by atoms with Gasteiger partial charge in [-0.05, 0) is 59.2 Å². The number of nitrogens with zero attached hydrogens (tertiary/aromatic N) is 1. The Morgan fingerprint density at radius 3 is 2.81 bits per heavy atom. The second-order valence-electron chi connectivity index (χ2n) is 3.28. The Balaban J connectivity index is 2.82. The molecule has 0 aromatic heterocycles. The topological polar surface area (TPSA) is 38.7 Å². The summed E-state index contributed by atoms with van der Waals surface area (Å²) < 4.78 is 6.18. The molecule has 0 aliphatic heterocycles. The molecule has 1 rings (SSSR count). The van der Waals surface area contributed by atoms with Crippen LogP contribution >= 0.6 is 28.1 Å². The predicted octanol–water partition coefficient (Wildman–Crippen LogP) is 3.07. The molecule has 0 spiro atoms. The number of amides is 1. The van der Waals surface area contributed by atoms with Gasteiger partial charge in [0.15, 0.2) is 6.61 Å². The molecule has 1 aromatic carbocycles. The van der Waals surface area contributed by atoms with Gasteiger partial charge in [-0.1, -0.05) is 6.07 Å².